The summed E-state index contributed by atoms with van der Waals surface area (Å²) in [5, 5.41) is 8.68. The molecule has 0 aliphatic carbocycles. The number of pyridine rings is 1. The van der Waals surface area contributed by atoms with Crippen LogP contribution in [0, 0.1) is 11.8 Å². The van der Waals surface area contributed by atoms with Gasteiger partial charge in [-0.05, 0) is 18.1 Å². The molecule has 0 radical (unpaired) electrons. The quantitative estimate of drug-likeness (QED) is 0.665. The summed E-state index contributed by atoms with van der Waals surface area (Å²) >= 11 is 0. The zero-order valence-corrected chi connectivity index (χ0v) is 7.53. The minimum atomic E-state index is -0.978. The molecule has 0 bridgehead atoms. The maximum Gasteiger partial charge on any atom is 0.335 e. The van der Waals surface area contributed by atoms with Crippen LogP contribution in [0.1, 0.15) is 22.5 Å². The van der Waals surface area contributed by atoms with E-state index in [1.807, 2.05) is 0 Å². The first-order chi connectivity index (χ1) is 6.74. The molecule has 72 valence electrons. The van der Waals surface area contributed by atoms with Gasteiger partial charge in [0.25, 0.3) is 0 Å². The average Bonchev–Trinajstić information content (AvgIpc) is 2.19. The Kier molecular flexibility index (Phi) is 3.65. The molecule has 1 aromatic rings. The SMILES string of the molecule is NCCC#Cc1cc(C(=O)O)ccn1. The van der Waals surface area contributed by atoms with Crippen LogP contribution < -0.4 is 5.73 Å². The zero-order valence-electron chi connectivity index (χ0n) is 7.53. The Labute approximate surface area is 81.8 Å². The lowest BCUT2D eigenvalue weighted by Gasteiger charge is -1.93. The van der Waals surface area contributed by atoms with Gasteiger partial charge in [-0.15, -0.1) is 0 Å². The molecule has 1 aromatic heterocycles. The Morgan fingerprint density at radius 1 is 1.64 bits per heavy atom. The highest BCUT2D eigenvalue weighted by Gasteiger charge is 2.01. The summed E-state index contributed by atoms with van der Waals surface area (Å²) in [5.74, 6) is 4.55. The molecule has 0 atom stereocenters. The van der Waals surface area contributed by atoms with E-state index in [1.165, 1.54) is 18.3 Å². The zero-order chi connectivity index (χ0) is 10.4. The summed E-state index contributed by atoms with van der Waals surface area (Å²) in [6.07, 6.45) is 2.01. The Hall–Kier alpha value is -1.86. The van der Waals surface area contributed by atoms with Gasteiger partial charge in [0.15, 0.2) is 0 Å². The van der Waals surface area contributed by atoms with Crippen molar-refractivity contribution in [2.24, 2.45) is 5.73 Å². The minimum Gasteiger partial charge on any atom is -0.478 e. The van der Waals surface area contributed by atoms with Crippen molar-refractivity contribution in [1.29, 1.82) is 0 Å². The maximum atomic E-state index is 10.6. The van der Waals surface area contributed by atoms with Crippen molar-refractivity contribution < 1.29 is 9.90 Å². The third kappa shape index (κ3) is 2.88. The minimum absolute atomic E-state index is 0.192. The predicted octanol–water partition coefficient (Wildman–Crippen LogP) is 0.480. The summed E-state index contributed by atoms with van der Waals surface area (Å²) < 4.78 is 0. The van der Waals surface area contributed by atoms with Gasteiger partial charge in [0.05, 0.1) is 5.56 Å². The largest absolute Gasteiger partial charge is 0.478 e. The van der Waals surface area contributed by atoms with E-state index in [0.717, 1.165) is 0 Å². The highest BCUT2D eigenvalue weighted by molar-refractivity contribution is 5.87. The number of aromatic carboxylic acids is 1. The summed E-state index contributed by atoms with van der Waals surface area (Å²) in [7, 11) is 0. The summed E-state index contributed by atoms with van der Waals surface area (Å²) in [5.41, 5.74) is 5.90. The molecule has 0 aromatic carbocycles. The highest BCUT2D eigenvalue weighted by Crippen LogP contribution is 2.00. The molecule has 4 heteroatoms. The number of carboxylic acids is 1. The van der Waals surface area contributed by atoms with Crippen LogP contribution in [0.3, 0.4) is 0 Å². The molecular weight excluding hydrogens is 180 g/mol. The van der Waals surface area contributed by atoms with E-state index in [2.05, 4.69) is 16.8 Å². The van der Waals surface area contributed by atoms with Gasteiger partial charge in [-0.1, -0.05) is 5.92 Å². The van der Waals surface area contributed by atoms with Gasteiger partial charge in [-0.2, -0.15) is 0 Å². The van der Waals surface area contributed by atoms with E-state index in [1.54, 1.807) is 0 Å². The standard InChI is InChI=1S/C10H10N2O2/c11-5-2-1-3-9-7-8(10(13)14)4-6-12-9/h4,6-7H,2,5,11H2,(H,13,14). The number of aromatic nitrogens is 1. The molecule has 0 spiro atoms. The molecule has 3 N–H and O–H groups in total. The molecular formula is C10H10N2O2. The first-order valence-electron chi connectivity index (χ1n) is 4.12. The van der Waals surface area contributed by atoms with Crippen molar-refractivity contribution in [3.05, 3.63) is 29.6 Å². The van der Waals surface area contributed by atoms with E-state index in [0.29, 0.717) is 18.7 Å². The average molecular weight is 190 g/mol. The van der Waals surface area contributed by atoms with E-state index in [-0.39, 0.29) is 5.56 Å². The number of hydrogen-bond acceptors (Lipinski definition) is 3. The summed E-state index contributed by atoms with van der Waals surface area (Å²) in [6.45, 7) is 0.492. The van der Waals surface area contributed by atoms with Gasteiger partial charge in [-0.3, -0.25) is 0 Å². The predicted molar refractivity (Wildman–Crippen MR) is 51.7 cm³/mol. The number of hydrogen-bond donors (Lipinski definition) is 2. The van der Waals surface area contributed by atoms with Crippen molar-refractivity contribution in [2.45, 2.75) is 6.42 Å². The van der Waals surface area contributed by atoms with Gasteiger partial charge in [0.2, 0.25) is 0 Å². The fraction of sp³-hybridized carbons (Fsp3) is 0.200. The van der Waals surface area contributed by atoms with E-state index in [9.17, 15) is 4.79 Å². The normalized spacial score (nSPS) is 8.93. The molecule has 0 aliphatic heterocycles. The highest BCUT2D eigenvalue weighted by atomic mass is 16.4. The van der Waals surface area contributed by atoms with Crippen molar-refractivity contribution in [3.8, 4) is 11.8 Å². The fourth-order valence-electron chi connectivity index (χ4n) is 0.857. The molecule has 0 saturated carbocycles. The third-order valence-electron chi connectivity index (χ3n) is 1.49. The number of rotatable bonds is 2. The summed E-state index contributed by atoms with van der Waals surface area (Å²) in [6, 6.07) is 2.86. The Morgan fingerprint density at radius 2 is 2.43 bits per heavy atom. The maximum absolute atomic E-state index is 10.6. The van der Waals surface area contributed by atoms with Crippen LogP contribution >= 0.6 is 0 Å². The van der Waals surface area contributed by atoms with Crippen molar-refractivity contribution in [3.63, 3.8) is 0 Å². The monoisotopic (exact) mass is 190 g/mol. The summed E-state index contributed by atoms with van der Waals surface area (Å²) in [4.78, 5) is 14.5. The van der Waals surface area contributed by atoms with Gasteiger partial charge in [0.1, 0.15) is 5.69 Å². The molecule has 4 nitrogen and oxygen atoms in total. The van der Waals surface area contributed by atoms with Crippen LogP contribution in [0.2, 0.25) is 0 Å². The third-order valence-corrected chi connectivity index (χ3v) is 1.49. The number of carbonyl (C=O) groups is 1. The van der Waals surface area contributed by atoms with Crippen LogP contribution in [-0.2, 0) is 0 Å². The Morgan fingerprint density at radius 3 is 3.07 bits per heavy atom. The number of nitrogens with zero attached hydrogens (tertiary/aromatic N) is 1. The first-order valence-corrected chi connectivity index (χ1v) is 4.12. The van der Waals surface area contributed by atoms with Crippen molar-refractivity contribution in [2.75, 3.05) is 6.54 Å². The molecule has 0 amide bonds. The lowest BCUT2D eigenvalue weighted by molar-refractivity contribution is 0.0696. The molecule has 0 saturated heterocycles. The van der Waals surface area contributed by atoms with Crippen LogP contribution in [-0.4, -0.2) is 22.6 Å². The molecule has 0 unspecified atom stereocenters. The van der Waals surface area contributed by atoms with Crippen molar-refractivity contribution in [1.82, 2.24) is 4.98 Å². The van der Waals surface area contributed by atoms with Crippen LogP contribution in [0.4, 0.5) is 0 Å². The lowest BCUT2D eigenvalue weighted by Crippen LogP contribution is -1.98. The molecule has 1 rings (SSSR count). The van der Waals surface area contributed by atoms with E-state index < -0.39 is 5.97 Å². The lowest BCUT2D eigenvalue weighted by atomic mass is 10.2. The van der Waals surface area contributed by atoms with Gasteiger partial charge >= 0.3 is 5.97 Å². The Balaban J connectivity index is 2.85. The second-order valence-corrected chi connectivity index (χ2v) is 2.58. The second-order valence-electron chi connectivity index (χ2n) is 2.58. The van der Waals surface area contributed by atoms with Gasteiger partial charge < -0.3 is 10.8 Å². The number of carboxylic acid groups (broad SMARTS) is 1. The second kappa shape index (κ2) is 5.00. The van der Waals surface area contributed by atoms with Gasteiger partial charge in [0, 0.05) is 19.2 Å². The smallest absolute Gasteiger partial charge is 0.335 e. The van der Waals surface area contributed by atoms with Crippen molar-refractivity contribution >= 4 is 5.97 Å². The topological polar surface area (TPSA) is 76.2 Å². The molecule has 0 fully saturated rings. The first kappa shape index (κ1) is 10.2. The van der Waals surface area contributed by atoms with Crippen LogP contribution in [0.5, 0.6) is 0 Å². The molecule has 1 heterocycles. The fourth-order valence-corrected chi connectivity index (χ4v) is 0.857. The van der Waals surface area contributed by atoms with Crippen LogP contribution in [0.15, 0.2) is 18.3 Å². The number of nitrogens with two attached hydrogens (primary N) is 1. The van der Waals surface area contributed by atoms with E-state index in [4.69, 9.17) is 10.8 Å². The van der Waals surface area contributed by atoms with Crippen LogP contribution in [0.25, 0.3) is 0 Å². The van der Waals surface area contributed by atoms with Gasteiger partial charge in [-0.25, -0.2) is 9.78 Å². The Bertz CT molecular complexity index is 391. The van der Waals surface area contributed by atoms with E-state index >= 15 is 0 Å². The molecule has 0 aliphatic rings. The molecule has 14 heavy (non-hydrogen) atoms.